The van der Waals surface area contributed by atoms with Crippen LogP contribution in [-0.2, 0) is 14.3 Å². The van der Waals surface area contributed by atoms with Gasteiger partial charge in [0.25, 0.3) is 5.69 Å². The number of rotatable bonds is 9. The normalized spacial score (nSPS) is 12.0. The molecule has 0 saturated heterocycles. The average Bonchev–Trinajstić information content (AvgIpc) is 2.56. The van der Waals surface area contributed by atoms with Gasteiger partial charge in [-0.1, -0.05) is 0 Å². The van der Waals surface area contributed by atoms with Gasteiger partial charge in [-0.3, -0.25) is 19.7 Å². The van der Waals surface area contributed by atoms with Gasteiger partial charge in [0.05, 0.1) is 24.1 Å². The summed E-state index contributed by atoms with van der Waals surface area (Å²) >= 11 is 0. The van der Waals surface area contributed by atoms with Gasteiger partial charge >= 0.3 is 5.97 Å². The number of nitro benzene ring substituents is 1. The zero-order chi connectivity index (χ0) is 18.8. The summed E-state index contributed by atoms with van der Waals surface area (Å²) in [5.41, 5.74) is 0.593. The molecule has 0 aliphatic carbocycles. The summed E-state index contributed by atoms with van der Waals surface area (Å²) in [5.74, 6) is -0.784. The van der Waals surface area contributed by atoms with E-state index in [4.69, 9.17) is 4.74 Å². The Morgan fingerprint density at radius 1 is 1.36 bits per heavy atom. The maximum atomic E-state index is 12.3. The first-order chi connectivity index (χ1) is 11.8. The van der Waals surface area contributed by atoms with E-state index < -0.39 is 17.0 Å². The number of hydrogen-bond donors (Lipinski definition) is 1. The van der Waals surface area contributed by atoms with Crippen LogP contribution in [0.3, 0.4) is 0 Å². The summed E-state index contributed by atoms with van der Waals surface area (Å²) in [7, 11) is 0. The van der Waals surface area contributed by atoms with Crippen LogP contribution in [0, 0.1) is 10.1 Å². The molecule has 1 amide bonds. The quantitative estimate of drug-likeness (QED) is 0.314. The lowest BCUT2D eigenvalue weighted by atomic mass is 10.2. The minimum atomic E-state index is -0.737. The Hall–Kier alpha value is -2.74. The second kappa shape index (κ2) is 10.2. The molecule has 8 heteroatoms. The Balaban J connectivity index is 2.72. The first-order valence-electron chi connectivity index (χ1n) is 7.88. The molecule has 1 N–H and O–H groups in total. The molecule has 0 radical (unpaired) electrons. The summed E-state index contributed by atoms with van der Waals surface area (Å²) in [6.07, 6.45) is 2.12. The summed E-state index contributed by atoms with van der Waals surface area (Å²) in [4.78, 5) is 35.1. The molecule has 1 rings (SSSR count). The number of benzene rings is 1. The van der Waals surface area contributed by atoms with Crippen molar-refractivity contribution in [3.63, 3.8) is 0 Å². The highest BCUT2D eigenvalue weighted by Crippen LogP contribution is 2.13. The molecule has 1 aromatic rings. The smallest absolute Gasteiger partial charge is 0.307 e. The molecule has 8 nitrogen and oxygen atoms in total. The standard InChI is InChI=1S/C17H22N2O6/c1-3-25-17(22)10-11-18(12-13(2)20)16(21)9-6-14-4-7-15(8-5-14)19(23)24/h4-9,13,20H,3,10-12H2,1-2H3/b9-6+. The summed E-state index contributed by atoms with van der Waals surface area (Å²) < 4.78 is 4.82. The van der Waals surface area contributed by atoms with Crippen LogP contribution in [0.25, 0.3) is 6.08 Å². The monoisotopic (exact) mass is 350 g/mol. The second-order valence-electron chi connectivity index (χ2n) is 5.37. The maximum absolute atomic E-state index is 12.3. The average molecular weight is 350 g/mol. The van der Waals surface area contributed by atoms with Gasteiger partial charge in [0, 0.05) is 31.3 Å². The van der Waals surface area contributed by atoms with Crippen molar-refractivity contribution in [2.45, 2.75) is 26.4 Å². The van der Waals surface area contributed by atoms with E-state index >= 15 is 0 Å². The lowest BCUT2D eigenvalue weighted by Gasteiger charge is -2.22. The number of non-ortho nitro benzene ring substituents is 1. The Kier molecular flexibility index (Phi) is 8.28. The highest BCUT2D eigenvalue weighted by molar-refractivity contribution is 5.92. The highest BCUT2D eigenvalue weighted by atomic mass is 16.6. The van der Waals surface area contributed by atoms with Crippen LogP contribution in [-0.4, -0.2) is 52.6 Å². The van der Waals surface area contributed by atoms with Crippen molar-refractivity contribution in [3.05, 3.63) is 46.0 Å². The zero-order valence-electron chi connectivity index (χ0n) is 14.3. The summed E-state index contributed by atoms with van der Waals surface area (Å²) in [6, 6.07) is 5.75. The van der Waals surface area contributed by atoms with Gasteiger partial charge in [-0.15, -0.1) is 0 Å². The third kappa shape index (κ3) is 7.58. The number of hydrogen-bond acceptors (Lipinski definition) is 6. The minimum Gasteiger partial charge on any atom is -0.466 e. The minimum absolute atomic E-state index is 0.0337. The highest BCUT2D eigenvalue weighted by Gasteiger charge is 2.15. The Morgan fingerprint density at radius 2 is 2.00 bits per heavy atom. The fourth-order valence-electron chi connectivity index (χ4n) is 2.05. The Bertz CT molecular complexity index is 625. The van der Waals surface area contributed by atoms with E-state index in [0.717, 1.165) is 0 Å². The predicted octanol–water partition coefficient (Wildman–Crippen LogP) is 1.77. The van der Waals surface area contributed by atoms with Gasteiger partial charge in [0.1, 0.15) is 0 Å². The number of carbonyl (C=O) groups excluding carboxylic acids is 2. The number of aliphatic hydroxyl groups is 1. The van der Waals surface area contributed by atoms with Crippen LogP contribution in [0.4, 0.5) is 5.69 Å². The van der Waals surface area contributed by atoms with E-state index in [0.29, 0.717) is 5.56 Å². The van der Waals surface area contributed by atoms with Crippen molar-refractivity contribution in [3.8, 4) is 0 Å². The molecule has 0 aromatic heterocycles. The zero-order valence-corrected chi connectivity index (χ0v) is 14.3. The van der Waals surface area contributed by atoms with Crippen molar-refractivity contribution in [1.29, 1.82) is 0 Å². The van der Waals surface area contributed by atoms with Gasteiger partial charge in [0.2, 0.25) is 5.91 Å². The van der Waals surface area contributed by atoms with Gasteiger partial charge < -0.3 is 14.7 Å². The number of esters is 1. The molecule has 0 aliphatic heterocycles. The van der Waals surface area contributed by atoms with Gasteiger partial charge in [-0.2, -0.15) is 0 Å². The van der Waals surface area contributed by atoms with Crippen molar-refractivity contribution < 1.29 is 24.4 Å². The number of aliphatic hydroxyl groups excluding tert-OH is 1. The van der Waals surface area contributed by atoms with Crippen molar-refractivity contribution in [1.82, 2.24) is 4.90 Å². The largest absolute Gasteiger partial charge is 0.466 e. The molecule has 0 spiro atoms. The van der Waals surface area contributed by atoms with Gasteiger partial charge in [-0.25, -0.2) is 0 Å². The molecule has 1 aromatic carbocycles. The van der Waals surface area contributed by atoms with E-state index in [1.54, 1.807) is 13.8 Å². The van der Waals surface area contributed by atoms with Crippen LogP contribution >= 0.6 is 0 Å². The number of amides is 1. The van der Waals surface area contributed by atoms with Crippen LogP contribution in [0.1, 0.15) is 25.8 Å². The van der Waals surface area contributed by atoms with Crippen LogP contribution in [0.5, 0.6) is 0 Å². The lowest BCUT2D eigenvalue weighted by molar-refractivity contribution is -0.384. The molecule has 1 unspecified atom stereocenters. The Labute approximate surface area is 145 Å². The molecule has 0 saturated carbocycles. The molecular formula is C17H22N2O6. The van der Waals surface area contributed by atoms with Crippen molar-refractivity contribution in [2.24, 2.45) is 0 Å². The molecule has 0 bridgehead atoms. The number of carbonyl (C=O) groups is 2. The number of nitro groups is 1. The molecule has 1 atom stereocenters. The first-order valence-corrected chi connectivity index (χ1v) is 7.88. The van der Waals surface area contributed by atoms with Gasteiger partial charge in [0.15, 0.2) is 0 Å². The van der Waals surface area contributed by atoms with E-state index in [2.05, 4.69) is 0 Å². The lowest BCUT2D eigenvalue weighted by Crippen LogP contribution is -2.37. The third-order valence-electron chi connectivity index (χ3n) is 3.21. The van der Waals surface area contributed by atoms with E-state index in [9.17, 15) is 24.8 Å². The third-order valence-corrected chi connectivity index (χ3v) is 3.21. The van der Waals surface area contributed by atoms with E-state index in [1.165, 1.54) is 41.3 Å². The summed E-state index contributed by atoms with van der Waals surface area (Å²) in [6.45, 7) is 3.73. The second-order valence-corrected chi connectivity index (χ2v) is 5.37. The SMILES string of the molecule is CCOC(=O)CCN(CC(C)O)C(=O)/C=C/c1ccc([N+](=O)[O-])cc1. The number of nitrogens with zero attached hydrogens (tertiary/aromatic N) is 2. The molecule has 0 aliphatic rings. The first kappa shape index (κ1) is 20.3. The molecular weight excluding hydrogens is 328 g/mol. The van der Waals surface area contributed by atoms with Crippen LogP contribution in [0.2, 0.25) is 0 Å². The Morgan fingerprint density at radius 3 is 2.52 bits per heavy atom. The molecule has 136 valence electrons. The molecule has 0 fully saturated rings. The van der Waals surface area contributed by atoms with Gasteiger partial charge in [-0.05, 0) is 37.6 Å². The van der Waals surface area contributed by atoms with Crippen molar-refractivity contribution >= 4 is 23.6 Å². The van der Waals surface area contributed by atoms with Crippen LogP contribution in [0.15, 0.2) is 30.3 Å². The number of ether oxygens (including phenoxy) is 1. The fraction of sp³-hybridized carbons (Fsp3) is 0.412. The van der Waals surface area contributed by atoms with E-state index in [-0.39, 0.29) is 37.7 Å². The van der Waals surface area contributed by atoms with Crippen LogP contribution < -0.4 is 0 Å². The van der Waals surface area contributed by atoms with E-state index in [1.807, 2.05) is 0 Å². The molecule has 25 heavy (non-hydrogen) atoms. The maximum Gasteiger partial charge on any atom is 0.307 e. The molecule has 0 heterocycles. The fourth-order valence-corrected chi connectivity index (χ4v) is 2.05. The predicted molar refractivity (Wildman–Crippen MR) is 91.6 cm³/mol. The topological polar surface area (TPSA) is 110 Å². The van der Waals surface area contributed by atoms with Crippen molar-refractivity contribution in [2.75, 3.05) is 19.7 Å². The summed E-state index contributed by atoms with van der Waals surface area (Å²) in [5, 5.41) is 20.1.